The standard InChI is InChI=1S/C40H22/c1-2-10-23(11-3-1)24-18-19-27-32-20-21-33-35-28-14-6-4-12-25(28)26-13-5-7-15-29(26)37(35)39-31-17-9-8-16-30(31)36(34(27)22-24)38(32)40(33)39/h1-22H. The Kier molecular flexibility index (Phi) is 3.76. The van der Waals surface area contributed by atoms with Gasteiger partial charge in [-0.2, -0.15) is 0 Å². The summed E-state index contributed by atoms with van der Waals surface area (Å²) < 4.78 is 0. The van der Waals surface area contributed by atoms with Crippen LogP contribution in [0.4, 0.5) is 0 Å². The van der Waals surface area contributed by atoms with Gasteiger partial charge in [0.05, 0.1) is 0 Å². The van der Waals surface area contributed by atoms with E-state index in [0.29, 0.717) is 0 Å². The van der Waals surface area contributed by atoms with E-state index < -0.39 is 0 Å². The van der Waals surface area contributed by atoms with Gasteiger partial charge in [-0.25, -0.2) is 0 Å². The molecule has 0 radical (unpaired) electrons. The summed E-state index contributed by atoms with van der Waals surface area (Å²) in [6.07, 6.45) is 0. The van der Waals surface area contributed by atoms with Gasteiger partial charge in [0, 0.05) is 0 Å². The van der Waals surface area contributed by atoms with Crippen LogP contribution in [0.3, 0.4) is 0 Å². The predicted molar refractivity (Wildman–Crippen MR) is 171 cm³/mol. The van der Waals surface area contributed by atoms with Crippen LogP contribution in [0.1, 0.15) is 0 Å². The molecule has 0 heterocycles. The lowest BCUT2D eigenvalue weighted by Crippen LogP contribution is -1.87. The van der Waals surface area contributed by atoms with Crippen LogP contribution in [0.25, 0.3) is 98.7 Å². The zero-order valence-electron chi connectivity index (χ0n) is 21.7. The lowest BCUT2D eigenvalue weighted by molar-refractivity contribution is 1.62. The normalized spacial score (nSPS) is 12.5. The topological polar surface area (TPSA) is 0 Å². The van der Waals surface area contributed by atoms with Gasteiger partial charge in [0.15, 0.2) is 0 Å². The molecule has 182 valence electrons. The molecular formula is C40H22. The third-order valence-electron chi connectivity index (χ3n) is 9.31. The summed E-state index contributed by atoms with van der Waals surface area (Å²) in [7, 11) is 0. The molecule has 0 fully saturated rings. The second-order valence-corrected chi connectivity index (χ2v) is 11.2. The first-order chi connectivity index (χ1) is 19.9. The van der Waals surface area contributed by atoms with E-state index >= 15 is 0 Å². The molecule has 0 aliphatic heterocycles. The van der Waals surface area contributed by atoms with E-state index in [1.54, 1.807) is 0 Å². The maximum absolute atomic E-state index is 2.42. The summed E-state index contributed by atoms with van der Waals surface area (Å²) in [5, 5.41) is 10.9. The summed E-state index contributed by atoms with van der Waals surface area (Å²) in [5.74, 6) is 0. The van der Waals surface area contributed by atoms with Crippen LogP contribution in [0, 0.1) is 0 Å². The van der Waals surface area contributed by atoms with Crippen molar-refractivity contribution >= 4 is 43.1 Å². The molecule has 0 nitrogen and oxygen atoms in total. The first kappa shape index (κ1) is 20.7. The van der Waals surface area contributed by atoms with E-state index in [9.17, 15) is 0 Å². The van der Waals surface area contributed by atoms with Crippen molar-refractivity contribution in [2.75, 3.05) is 0 Å². The number of hydrogen-bond acceptors (Lipinski definition) is 0. The van der Waals surface area contributed by atoms with E-state index in [1.165, 1.54) is 98.7 Å². The first-order valence-electron chi connectivity index (χ1n) is 14.0. The van der Waals surface area contributed by atoms with Crippen LogP contribution < -0.4 is 0 Å². The molecule has 2 aliphatic rings. The maximum atomic E-state index is 2.42. The van der Waals surface area contributed by atoms with E-state index in [0.717, 1.165) is 0 Å². The van der Waals surface area contributed by atoms with Gasteiger partial charge in [0.2, 0.25) is 0 Å². The van der Waals surface area contributed by atoms with Crippen molar-refractivity contribution in [3.05, 3.63) is 133 Å². The van der Waals surface area contributed by atoms with E-state index in [4.69, 9.17) is 0 Å². The molecular weight excluding hydrogens is 480 g/mol. The van der Waals surface area contributed by atoms with Crippen LogP contribution in [0.5, 0.6) is 0 Å². The summed E-state index contributed by atoms with van der Waals surface area (Å²) in [5.41, 5.74) is 13.5. The molecule has 0 unspecified atom stereocenters. The maximum Gasteiger partial charge on any atom is -0.000696 e. The van der Waals surface area contributed by atoms with Gasteiger partial charge in [0.25, 0.3) is 0 Å². The van der Waals surface area contributed by atoms with Crippen LogP contribution >= 0.6 is 0 Å². The minimum Gasteiger partial charge on any atom is -0.0622 e. The van der Waals surface area contributed by atoms with Crippen molar-refractivity contribution in [1.82, 2.24) is 0 Å². The van der Waals surface area contributed by atoms with Crippen molar-refractivity contribution in [3.63, 3.8) is 0 Å². The SMILES string of the molecule is c1ccc(-c2ccc3c(c2)-c2c4ccccc4c4c5c(ccc-3c25)-c2c-4c3ccccc3c3ccccc23)cc1. The number of rotatable bonds is 1. The highest BCUT2D eigenvalue weighted by atomic mass is 14.4. The van der Waals surface area contributed by atoms with Gasteiger partial charge in [-0.05, 0) is 105 Å². The van der Waals surface area contributed by atoms with Crippen molar-refractivity contribution in [3.8, 4) is 55.6 Å². The fourth-order valence-electron chi connectivity index (χ4n) is 7.76. The first-order valence-corrected chi connectivity index (χ1v) is 14.0. The van der Waals surface area contributed by atoms with Crippen molar-refractivity contribution in [1.29, 1.82) is 0 Å². The zero-order valence-corrected chi connectivity index (χ0v) is 21.7. The Labute approximate surface area is 231 Å². The molecule has 0 N–H and O–H groups in total. The molecule has 0 spiro atoms. The number of hydrogen-bond donors (Lipinski definition) is 0. The largest absolute Gasteiger partial charge is 0.0622 e. The molecule has 40 heavy (non-hydrogen) atoms. The Balaban J connectivity index is 1.43. The van der Waals surface area contributed by atoms with Crippen LogP contribution in [-0.2, 0) is 0 Å². The summed E-state index contributed by atoms with van der Waals surface area (Å²) in [4.78, 5) is 0. The highest BCUT2D eigenvalue weighted by Gasteiger charge is 2.34. The molecule has 0 amide bonds. The molecule has 0 bridgehead atoms. The van der Waals surface area contributed by atoms with Crippen molar-refractivity contribution in [2.24, 2.45) is 0 Å². The summed E-state index contributed by atoms with van der Waals surface area (Å²) >= 11 is 0. The molecule has 10 rings (SSSR count). The van der Waals surface area contributed by atoms with Crippen LogP contribution in [-0.4, -0.2) is 0 Å². The lowest BCUT2D eigenvalue weighted by Gasteiger charge is -2.15. The van der Waals surface area contributed by atoms with Crippen LogP contribution in [0.2, 0.25) is 0 Å². The zero-order chi connectivity index (χ0) is 25.9. The Morgan fingerprint density at radius 1 is 0.250 bits per heavy atom. The van der Waals surface area contributed by atoms with E-state index in [2.05, 4.69) is 133 Å². The van der Waals surface area contributed by atoms with Gasteiger partial charge < -0.3 is 0 Å². The van der Waals surface area contributed by atoms with Gasteiger partial charge >= 0.3 is 0 Å². The van der Waals surface area contributed by atoms with Gasteiger partial charge in [-0.15, -0.1) is 0 Å². The van der Waals surface area contributed by atoms with Crippen LogP contribution in [0.15, 0.2) is 133 Å². The lowest BCUT2D eigenvalue weighted by atomic mass is 9.87. The monoisotopic (exact) mass is 502 g/mol. The average Bonchev–Trinajstić information content (AvgIpc) is 3.55. The molecule has 0 aromatic heterocycles. The second kappa shape index (κ2) is 7.25. The van der Waals surface area contributed by atoms with Gasteiger partial charge in [-0.3, -0.25) is 0 Å². The average molecular weight is 503 g/mol. The van der Waals surface area contributed by atoms with E-state index in [1.807, 2.05) is 0 Å². The molecule has 8 aromatic carbocycles. The Morgan fingerprint density at radius 2 is 0.750 bits per heavy atom. The minimum absolute atomic E-state index is 1.26. The van der Waals surface area contributed by atoms with Crippen molar-refractivity contribution in [2.45, 2.75) is 0 Å². The Bertz CT molecular complexity index is 2410. The van der Waals surface area contributed by atoms with Gasteiger partial charge in [-0.1, -0.05) is 127 Å². The highest BCUT2D eigenvalue weighted by molar-refractivity contribution is 6.39. The number of benzene rings is 8. The predicted octanol–water partition coefficient (Wildman–Crippen LogP) is 11.3. The van der Waals surface area contributed by atoms with E-state index in [-0.39, 0.29) is 0 Å². The summed E-state index contributed by atoms with van der Waals surface area (Å²) in [6.45, 7) is 0. The highest BCUT2D eigenvalue weighted by Crippen LogP contribution is 2.62. The molecule has 8 aromatic rings. The fraction of sp³-hybridized carbons (Fsp3) is 0. The Morgan fingerprint density at radius 3 is 1.45 bits per heavy atom. The smallest absolute Gasteiger partial charge is 0.000696 e. The quantitative estimate of drug-likeness (QED) is 0.155. The Hall–Kier alpha value is -5.20. The third kappa shape index (κ3) is 2.39. The fourth-order valence-corrected chi connectivity index (χ4v) is 7.76. The second-order valence-electron chi connectivity index (χ2n) is 11.2. The molecule has 2 aliphatic carbocycles. The number of fused-ring (bicyclic) bond motifs is 14. The minimum atomic E-state index is 1.26. The van der Waals surface area contributed by atoms with Crippen molar-refractivity contribution < 1.29 is 0 Å². The third-order valence-corrected chi connectivity index (χ3v) is 9.31. The van der Waals surface area contributed by atoms with Gasteiger partial charge in [0.1, 0.15) is 0 Å². The molecule has 0 heteroatoms. The molecule has 0 saturated carbocycles. The summed E-state index contributed by atoms with van der Waals surface area (Å²) in [6, 6.07) is 49.6. The molecule has 0 atom stereocenters. The molecule has 0 saturated heterocycles.